The molecule has 0 aliphatic carbocycles. The van der Waals surface area contributed by atoms with Crippen LogP contribution in [0.15, 0.2) is 42.6 Å². The first-order valence-electron chi connectivity index (χ1n) is 9.76. The summed E-state index contributed by atoms with van der Waals surface area (Å²) in [6, 6.07) is 12.2. The molecule has 1 N–H and O–H groups in total. The standard InChI is InChI=1S/C21H26ClFN4/c22-20-5-4-19(13-21(20)23)27-12-8-18(15-27)25-16-6-10-26(11-7-16)14-17-3-1-2-9-24-17/h1-5,9,13,16,18,25H,6-8,10-12,14-15H2. The lowest BCUT2D eigenvalue weighted by atomic mass is 10.0. The van der Waals surface area contributed by atoms with Crippen molar-refractivity contribution >= 4 is 17.3 Å². The van der Waals surface area contributed by atoms with E-state index >= 15 is 0 Å². The number of nitrogens with zero attached hydrogens (tertiary/aromatic N) is 3. The zero-order valence-electron chi connectivity index (χ0n) is 15.5. The van der Waals surface area contributed by atoms with Crippen molar-refractivity contribution in [2.45, 2.75) is 37.9 Å². The molecular weight excluding hydrogens is 363 g/mol. The van der Waals surface area contributed by atoms with E-state index in [0.717, 1.165) is 50.5 Å². The van der Waals surface area contributed by atoms with Gasteiger partial charge in [0.05, 0.1) is 10.7 Å². The van der Waals surface area contributed by atoms with E-state index in [-0.39, 0.29) is 10.8 Å². The van der Waals surface area contributed by atoms with Gasteiger partial charge in [-0.2, -0.15) is 0 Å². The monoisotopic (exact) mass is 388 g/mol. The van der Waals surface area contributed by atoms with Gasteiger partial charge in [0.15, 0.2) is 0 Å². The third-order valence-corrected chi connectivity index (χ3v) is 5.93. The molecule has 2 saturated heterocycles. The fraction of sp³-hybridized carbons (Fsp3) is 0.476. The normalized spacial score (nSPS) is 21.7. The summed E-state index contributed by atoms with van der Waals surface area (Å²) in [6.45, 7) is 5.03. The molecule has 0 amide bonds. The van der Waals surface area contributed by atoms with Crippen molar-refractivity contribution in [2.75, 3.05) is 31.1 Å². The van der Waals surface area contributed by atoms with Crippen LogP contribution in [0, 0.1) is 5.82 Å². The average molecular weight is 389 g/mol. The number of anilines is 1. The van der Waals surface area contributed by atoms with Crippen LogP contribution in [0.25, 0.3) is 0 Å². The molecule has 3 heterocycles. The van der Waals surface area contributed by atoms with Crippen LogP contribution in [-0.4, -0.2) is 48.1 Å². The van der Waals surface area contributed by atoms with Crippen molar-refractivity contribution in [3.8, 4) is 0 Å². The number of pyridine rings is 1. The molecule has 2 aliphatic heterocycles. The Morgan fingerprint density at radius 1 is 1.07 bits per heavy atom. The highest BCUT2D eigenvalue weighted by Gasteiger charge is 2.27. The van der Waals surface area contributed by atoms with E-state index < -0.39 is 0 Å². The van der Waals surface area contributed by atoms with Crippen LogP contribution in [0.4, 0.5) is 10.1 Å². The van der Waals surface area contributed by atoms with Gasteiger partial charge in [-0.05, 0) is 49.6 Å². The van der Waals surface area contributed by atoms with Gasteiger partial charge in [-0.3, -0.25) is 9.88 Å². The van der Waals surface area contributed by atoms with E-state index in [1.54, 1.807) is 12.1 Å². The maximum Gasteiger partial charge on any atom is 0.143 e. The quantitative estimate of drug-likeness (QED) is 0.846. The average Bonchev–Trinajstić information content (AvgIpc) is 3.15. The van der Waals surface area contributed by atoms with E-state index in [1.165, 1.54) is 12.8 Å². The second-order valence-electron chi connectivity index (χ2n) is 7.57. The summed E-state index contributed by atoms with van der Waals surface area (Å²) in [6.07, 6.45) is 5.29. The minimum Gasteiger partial charge on any atom is -0.370 e. The Balaban J connectivity index is 1.23. The second kappa shape index (κ2) is 8.55. The first-order valence-corrected chi connectivity index (χ1v) is 10.1. The third kappa shape index (κ3) is 4.78. The summed E-state index contributed by atoms with van der Waals surface area (Å²) in [5.41, 5.74) is 2.07. The zero-order valence-corrected chi connectivity index (χ0v) is 16.2. The molecule has 4 rings (SSSR count). The Kier molecular flexibility index (Phi) is 5.91. The molecule has 1 aromatic carbocycles. The summed E-state index contributed by atoms with van der Waals surface area (Å²) in [5.74, 6) is -0.342. The van der Waals surface area contributed by atoms with Crippen LogP contribution in [0.2, 0.25) is 5.02 Å². The molecule has 144 valence electrons. The SMILES string of the molecule is Fc1cc(N2CCC(NC3CCN(Cc4ccccn4)CC3)C2)ccc1Cl. The Hall–Kier alpha value is -1.69. The van der Waals surface area contributed by atoms with Crippen LogP contribution in [0.5, 0.6) is 0 Å². The van der Waals surface area contributed by atoms with Crippen molar-refractivity contribution < 1.29 is 4.39 Å². The van der Waals surface area contributed by atoms with Gasteiger partial charge in [-0.15, -0.1) is 0 Å². The summed E-state index contributed by atoms with van der Waals surface area (Å²) in [5, 5.41) is 4.01. The minimum atomic E-state index is -0.342. The number of nitrogens with one attached hydrogen (secondary N) is 1. The molecule has 1 unspecified atom stereocenters. The number of benzene rings is 1. The highest BCUT2D eigenvalue weighted by atomic mass is 35.5. The number of aromatic nitrogens is 1. The Labute approximate surface area is 165 Å². The van der Waals surface area contributed by atoms with E-state index in [2.05, 4.69) is 32.2 Å². The molecule has 0 spiro atoms. The van der Waals surface area contributed by atoms with Gasteiger partial charge < -0.3 is 10.2 Å². The van der Waals surface area contributed by atoms with Gasteiger partial charge in [0.25, 0.3) is 0 Å². The van der Waals surface area contributed by atoms with Crippen molar-refractivity contribution in [2.24, 2.45) is 0 Å². The minimum absolute atomic E-state index is 0.185. The van der Waals surface area contributed by atoms with Gasteiger partial charge in [-0.25, -0.2) is 4.39 Å². The summed E-state index contributed by atoms with van der Waals surface area (Å²) < 4.78 is 13.7. The number of hydrogen-bond acceptors (Lipinski definition) is 4. The number of hydrogen-bond donors (Lipinski definition) is 1. The van der Waals surface area contributed by atoms with Crippen LogP contribution < -0.4 is 10.2 Å². The molecule has 2 aliphatic rings. The molecule has 2 aromatic rings. The smallest absolute Gasteiger partial charge is 0.143 e. The summed E-state index contributed by atoms with van der Waals surface area (Å²) >= 11 is 5.79. The van der Waals surface area contributed by atoms with Crippen LogP contribution in [-0.2, 0) is 6.54 Å². The molecule has 6 heteroatoms. The largest absolute Gasteiger partial charge is 0.370 e. The first kappa shape index (κ1) is 18.7. The van der Waals surface area contributed by atoms with E-state index in [0.29, 0.717) is 12.1 Å². The van der Waals surface area contributed by atoms with Crippen molar-refractivity contribution in [1.82, 2.24) is 15.2 Å². The first-order chi connectivity index (χ1) is 13.2. The number of rotatable bonds is 5. The van der Waals surface area contributed by atoms with Crippen molar-refractivity contribution in [1.29, 1.82) is 0 Å². The van der Waals surface area contributed by atoms with Crippen molar-refractivity contribution in [3.05, 3.63) is 59.1 Å². The topological polar surface area (TPSA) is 31.4 Å². The van der Waals surface area contributed by atoms with Gasteiger partial charge >= 0.3 is 0 Å². The van der Waals surface area contributed by atoms with E-state index in [9.17, 15) is 4.39 Å². The molecule has 4 nitrogen and oxygen atoms in total. The highest BCUT2D eigenvalue weighted by molar-refractivity contribution is 6.30. The maximum absolute atomic E-state index is 13.7. The fourth-order valence-electron chi connectivity index (χ4n) is 4.12. The second-order valence-corrected chi connectivity index (χ2v) is 7.98. The predicted molar refractivity (Wildman–Crippen MR) is 108 cm³/mol. The van der Waals surface area contributed by atoms with Gasteiger partial charge in [-0.1, -0.05) is 17.7 Å². The Morgan fingerprint density at radius 2 is 1.89 bits per heavy atom. The number of piperidine rings is 1. The highest BCUT2D eigenvalue weighted by Crippen LogP contribution is 2.25. The van der Waals surface area contributed by atoms with Crippen molar-refractivity contribution in [3.63, 3.8) is 0 Å². The Bertz CT molecular complexity index is 749. The van der Waals surface area contributed by atoms with Gasteiger partial charge in [0.1, 0.15) is 5.82 Å². The molecule has 2 fully saturated rings. The predicted octanol–water partition coefficient (Wildman–Crippen LogP) is 3.71. The van der Waals surface area contributed by atoms with E-state index in [1.807, 2.05) is 18.3 Å². The molecule has 27 heavy (non-hydrogen) atoms. The Morgan fingerprint density at radius 3 is 2.63 bits per heavy atom. The lowest BCUT2D eigenvalue weighted by Gasteiger charge is -2.33. The molecule has 1 atom stereocenters. The van der Waals surface area contributed by atoms with E-state index in [4.69, 9.17) is 11.6 Å². The van der Waals surface area contributed by atoms with Crippen LogP contribution >= 0.6 is 11.6 Å². The summed E-state index contributed by atoms with van der Waals surface area (Å²) in [7, 11) is 0. The number of halogens is 2. The fourth-order valence-corrected chi connectivity index (χ4v) is 4.24. The molecule has 0 saturated carbocycles. The van der Waals surface area contributed by atoms with Crippen LogP contribution in [0.3, 0.4) is 0 Å². The molecule has 1 aromatic heterocycles. The maximum atomic E-state index is 13.7. The van der Waals surface area contributed by atoms with Gasteiger partial charge in [0.2, 0.25) is 0 Å². The molecular formula is C21H26ClFN4. The lowest BCUT2D eigenvalue weighted by molar-refractivity contribution is 0.183. The third-order valence-electron chi connectivity index (χ3n) is 5.63. The van der Waals surface area contributed by atoms with Gasteiger partial charge in [0, 0.05) is 56.7 Å². The number of likely N-dealkylation sites (tertiary alicyclic amines) is 1. The van der Waals surface area contributed by atoms with Crippen LogP contribution in [0.1, 0.15) is 25.0 Å². The lowest BCUT2D eigenvalue weighted by Crippen LogP contribution is -2.46. The summed E-state index contributed by atoms with van der Waals surface area (Å²) in [4.78, 5) is 9.15. The zero-order chi connectivity index (χ0) is 18.6. The molecule has 0 radical (unpaired) electrons. The molecule has 0 bridgehead atoms.